The number of halogens is 1. The van der Waals surface area contributed by atoms with Crippen LogP contribution < -0.4 is 10.6 Å². The molecule has 1 atom stereocenters. The Kier molecular flexibility index (Phi) is 12.4. The maximum absolute atomic E-state index is 9.21. The highest BCUT2D eigenvalue weighted by molar-refractivity contribution is 14.0. The normalized spacial score (nSPS) is 22.0. The van der Waals surface area contributed by atoms with Gasteiger partial charge in [0.15, 0.2) is 5.96 Å². The Morgan fingerprint density at radius 1 is 1.38 bits per heavy atom. The zero-order chi connectivity index (χ0) is 14.7. The van der Waals surface area contributed by atoms with E-state index in [0.29, 0.717) is 19.8 Å². The molecule has 0 aromatic carbocycles. The molecule has 21 heavy (non-hydrogen) atoms. The zero-order valence-corrected chi connectivity index (χ0v) is 15.5. The summed E-state index contributed by atoms with van der Waals surface area (Å²) in [5.74, 6) is 0.802. The van der Waals surface area contributed by atoms with Gasteiger partial charge in [-0.25, -0.2) is 0 Å². The van der Waals surface area contributed by atoms with Crippen molar-refractivity contribution in [2.75, 3.05) is 52.7 Å². The van der Waals surface area contributed by atoms with Crippen molar-refractivity contribution < 1.29 is 14.6 Å². The smallest absolute Gasteiger partial charge is 0.191 e. The predicted octanol–water partition coefficient (Wildman–Crippen LogP) is 0.985. The Morgan fingerprint density at radius 3 is 2.76 bits per heavy atom. The maximum Gasteiger partial charge on any atom is 0.191 e. The highest BCUT2D eigenvalue weighted by Crippen LogP contribution is 2.32. The van der Waals surface area contributed by atoms with Crippen LogP contribution in [0.4, 0.5) is 0 Å². The fraction of sp³-hybridized carbons (Fsp3) is 0.929. The molecule has 0 aliphatic carbocycles. The third-order valence-corrected chi connectivity index (χ3v) is 3.49. The number of nitrogens with one attached hydrogen (secondary N) is 2. The van der Waals surface area contributed by atoms with Crippen molar-refractivity contribution in [2.45, 2.75) is 26.7 Å². The quantitative estimate of drug-likeness (QED) is 0.227. The van der Waals surface area contributed by atoms with Crippen LogP contribution in [0.25, 0.3) is 0 Å². The zero-order valence-electron chi connectivity index (χ0n) is 13.2. The molecule has 0 bridgehead atoms. The van der Waals surface area contributed by atoms with Gasteiger partial charge in [-0.1, -0.05) is 0 Å². The minimum Gasteiger partial charge on any atom is -0.396 e. The highest BCUT2D eigenvalue weighted by Gasteiger charge is 2.34. The van der Waals surface area contributed by atoms with Crippen molar-refractivity contribution in [3.05, 3.63) is 0 Å². The largest absolute Gasteiger partial charge is 0.396 e. The number of nitrogens with zero attached hydrogens (tertiary/aromatic N) is 1. The SMILES string of the molecule is CCNC(=NCC1(CCO)CCOC1)NCCOCC.I. The Hall–Kier alpha value is -0.120. The number of aliphatic hydroxyl groups is 1. The summed E-state index contributed by atoms with van der Waals surface area (Å²) >= 11 is 0. The molecular formula is C14H30IN3O3. The fourth-order valence-corrected chi connectivity index (χ4v) is 2.26. The minimum absolute atomic E-state index is 0. The molecule has 0 spiro atoms. The van der Waals surface area contributed by atoms with Crippen LogP contribution in [0.15, 0.2) is 4.99 Å². The Morgan fingerprint density at radius 2 is 2.19 bits per heavy atom. The third-order valence-electron chi connectivity index (χ3n) is 3.49. The van der Waals surface area contributed by atoms with Crippen LogP contribution in [0.1, 0.15) is 26.7 Å². The molecule has 1 aliphatic heterocycles. The third kappa shape index (κ3) is 8.18. The summed E-state index contributed by atoms with van der Waals surface area (Å²) in [7, 11) is 0. The molecule has 1 saturated heterocycles. The molecule has 0 aromatic rings. The van der Waals surface area contributed by atoms with E-state index >= 15 is 0 Å². The van der Waals surface area contributed by atoms with E-state index in [0.717, 1.165) is 45.1 Å². The fourth-order valence-electron chi connectivity index (χ4n) is 2.26. The number of guanidine groups is 1. The van der Waals surface area contributed by atoms with E-state index in [-0.39, 0.29) is 36.0 Å². The van der Waals surface area contributed by atoms with Crippen molar-refractivity contribution in [2.24, 2.45) is 10.4 Å². The lowest BCUT2D eigenvalue weighted by molar-refractivity contribution is 0.131. The first-order chi connectivity index (χ1) is 9.76. The van der Waals surface area contributed by atoms with Crippen molar-refractivity contribution in [1.29, 1.82) is 0 Å². The van der Waals surface area contributed by atoms with Gasteiger partial charge in [0, 0.05) is 38.3 Å². The molecule has 0 saturated carbocycles. The van der Waals surface area contributed by atoms with E-state index in [9.17, 15) is 5.11 Å². The molecular weight excluding hydrogens is 385 g/mol. The summed E-state index contributed by atoms with van der Waals surface area (Å²) in [4.78, 5) is 4.63. The van der Waals surface area contributed by atoms with Gasteiger partial charge < -0.3 is 25.2 Å². The van der Waals surface area contributed by atoms with Crippen LogP contribution in [0.3, 0.4) is 0 Å². The number of ether oxygens (including phenoxy) is 2. The number of hydrogen-bond donors (Lipinski definition) is 3. The Balaban J connectivity index is 0.00000400. The highest BCUT2D eigenvalue weighted by atomic mass is 127. The second kappa shape index (κ2) is 12.4. The molecule has 0 amide bonds. The molecule has 3 N–H and O–H groups in total. The molecule has 1 unspecified atom stereocenters. The van der Waals surface area contributed by atoms with Gasteiger partial charge in [-0.3, -0.25) is 4.99 Å². The molecule has 1 fully saturated rings. The lowest BCUT2D eigenvalue weighted by Crippen LogP contribution is -2.40. The van der Waals surface area contributed by atoms with Crippen LogP contribution in [0.5, 0.6) is 0 Å². The summed E-state index contributed by atoms with van der Waals surface area (Å²) < 4.78 is 10.8. The van der Waals surface area contributed by atoms with Gasteiger partial charge in [-0.2, -0.15) is 0 Å². The first-order valence-electron chi connectivity index (χ1n) is 7.55. The Labute approximate surface area is 145 Å². The predicted molar refractivity (Wildman–Crippen MR) is 95.5 cm³/mol. The van der Waals surface area contributed by atoms with Crippen LogP contribution in [0, 0.1) is 5.41 Å². The van der Waals surface area contributed by atoms with Crippen LogP contribution >= 0.6 is 24.0 Å². The van der Waals surface area contributed by atoms with Gasteiger partial charge in [0.2, 0.25) is 0 Å². The topological polar surface area (TPSA) is 75.1 Å². The first-order valence-corrected chi connectivity index (χ1v) is 7.55. The summed E-state index contributed by atoms with van der Waals surface area (Å²) in [6.45, 7) is 9.31. The average molecular weight is 415 g/mol. The molecule has 1 heterocycles. The lowest BCUT2D eigenvalue weighted by Gasteiger charge is -2.24. The minimum atomic E-state index is -0.00296. The number of aliphatic imine (C=N–C) groups is 1. The van der Waals surface area contributed by atoms with Crippen molar-refractivity contribution in [3.8, 4) is 0 Å². The molecule has 7 heteroatoms. The van der Waals surface area contributed by atoms with Gasteiger partial charge in [-0.15, -0.1) is 24.0 Å². The van der Waals surface area contributed by atoms with Gasteiger partial charge in [0.05, 0.1) is 19.8 Å². The van der Waals surface area contributed by atoms with Gasteiger partial charge in [0.25, 0.3) is 0 Å². The monoisotopic (exact) mass is 415 g/mol. The molecule has 0 aromatic heterocycles. The van der Waals surface area contributed by atoms with E-state index in [1.54, 1.807) is 0 Å². The van der Waals surface area contributed by atoms with Crippen molar-refractivity contribution in [3.63, 3.8) is 0 Å². The van der Waals surface area contributed by atoms with Crippen molar-refractivity contribution in [1.82, 2.24) is 10.6 Å². The number of rotatable bonds is 9. The second-order valence-electron chi connectivity index (χ2n) is 5.10. The summed E-state index contributed by atoms with van der Waals surface area (Å²) in [5, 5.41) is 15.7. The van der Waals surface area contributed by atoms with Gasteiger partial charge in [-0.05, 0) is 26.7 Å². The first kappa shape index (κ1) is 20.9. The van der Waals surface area contributed by atoms with Crippen LogP contribution in [-0.2, 0) is 9.47 Å². The second-order valence-corrected chi connectivity index (χ2v) is 5.10. The Bertz CT molecular complexity index is 285. The molecule has 1 aliphatic rings. The van der Waals surface area contributed by atoms with E-state index in [2.05, 4.69) is 15.6 Å². The van der Waals surface area contributed by atoms with Gasteiger partial charge in [0.1, 0.15) is 0 Å². The van der Waals surface area contributed by atoms with E-state index < -0.39 is 0 Å². The molecule has 126 valence electrons. The molecule has 1 rings (SSSR count). The molecule has 6 nitrogen and oxygen atoms in total. The summed E-state index contributed by atoms with van der Waals surface area (Å²) in [6.07, 6.45) is 1.71. The maximum atomic E-state index is 9.21. The number of aliphatic hydroxyl groups excluding tert-OH is 1. The van der Waals surface area contributed by atoms with Crippen LogP contribution in [-0.4, -0.2) is 63.7 Å². The number of hydrogen-bond acceptors (Lipinski definition) is 4. The average Bonchev–Trinajstić information content (AvgIpc) is 2.90. The lowest BCUT2D eigenvalue weighted by atomic mass is 9.84. The van der Waals surface area contributed by atoms with E-state index in [1.807, 2.05) is 13.8 Å². The standard InChI is InChI=1S/C14H29N3O3.HI/c1-3-15-13(16-7-10-19-4-2)17-11-14(5-8-18)6-9-20-12-14;/h18H,3-12H2,1-2H3,(H2,15,16,17);1H. The summed E-state index contributed by atoms with van der Waals surface area (Å²) in [6, 6.07) is 0. The summed E-state index contributed by atoms with van der Waals surface area (Å²) in [5.41, 5.74) is -0.00296. The van der Waals surface area contributed by atoms with Gasteiger partial charge >= 0.3 is 0 Å². The van der Waals surface area contributed by atoms with Crippen LogP contribution in [0.2, 0.25) is 0 Å². The van der Waals surface area contributed by atoms with Crippen molar-refractivity contribution >= 4 is 29.9 Å². The van der Waals surface area contributed by atoms with E-state index in [4.69, 9.17) is 9.47 Å². The molecule has 0 radical (unpaired) electrons. The van der Waals surface area contributed by atoms with E-state index in [1.165, 1.54) is 0 Å².